The second kappa shape index (κ2) is 6.49. The van der Waals surface area contributed by atoms with Crippen LogP contribution >= 0.6 is 0 Å². The first-order chi connectivity index (χ1) is 8.60. The monoisotopic (exact) mass is 250 g/mol. The Kier molecular flexibility index (Phi) is 4.99. The van der Waals surface area contributed by atoms with Gasteiger partial charge in [-0.25, -0.2) is 4.79 Å². The van der Waals surface area contributed by atoms with E-state index in [0.717, 1.165) is 12.1 Å². The Morgan fingerprint density at radius 1 is 1.67 bits per heavy atom. The number of anilines is 1. The van der Waals surface area contributed by atoms with Crippen molar-refractivity contribution in [2.24, 2.45) is 0 Å². The third-order valence-corrected chi connectivity index (χ3v) is 2.58. The molecule has 0 aliphatic carbocycles. The van der Waals surface area contributed by atoms with E-state index in [0.29, 0.717) is 25.1 Å². The molecule has 18 heavy (non-hydrogen) atoms. The number of rotatable bonds is 5. The van der Waals surface area contributed by atoms with E-state index in [9.17, 15) is 4.79 Å². The number of nitrogens with two attached hydrogens (primary N) is 1. The number of aromatic amines is 1. The second-order valence-corrected chi connectivity index (χ2v) is 3.93. The molecule has 0 radical (unpaired) electrons. The molecule has 1 heterocycles. The van der Waals surface area contributed by atoms with E-state index < -0.39 is 0 Å². The minimum Gasteiger partial charge on any atom is -0.381 e. The zero-order valence-corrected chi connectivity index (χ0v) is 10.7. The summed E-state index contributed by atoms with van der Waals surface area (Å²) in [7, 11) is 1.73. The quantitative estimate of drug-likeness (QED) is 0.704. The van der Waals surface area contributed by atoms with Crippen molar-refractivity contribution in [3.8, 4) is 6.07 Å². The summed E-state index contributed by atoms with van der Waals surface area (Å²) in [5, 5.41) is 18.1. The van der Waals surface area contributed by atoms with Crippen LogP contribution in [0.2, 0.25) is 0 Å². The summed E-state index contributed by atoms with van der Waals surface area (Å²) >= 11 is 0. The maximum absolute atomic E-state index is 11.4. The molecule has 0 atom stereocenters. The summed E-state index contributed by atoms with van der Waals surface area (Å²) in [4.78, 5) is 13.0. The highest BCUT2D eigenvalue weighted by molar-refractivity contribution is 5.73. The number of nitrogens with zero attached hydrogens (tertiary/aromatic N) is 3. The number of nitrogens with one attached hydrogen (secondary N) is 2. The number of hydrogen-bond acceptors (Lipinski definition) is 4. The Morgan fingerprint density at radius 2 is 2.39 bits per heavy atom. The van der Waals surface area contributed by atoms with Crippen molar-refractivity contribution in [1.82, 2.24) is 20.4 Å². The first-order valence-corrected chi connectivity index (χ1v) is 5.81. The van der Waals surface area contributed by atoms with Crippen molar-refractivity contribution >= 4 is 11.8 Å². The van der Waals surface area contributed by atoms with E-state index >= 15 is 0 Å². The van der Waals surface area contributed by atoms with E-state index in [2.05, 4.69) is 15.5 Å². The predicted molar refractivity (Wildman–Crippen MR) is 67.7 cm³/mol. The normalized spacial score (nSPS) is 9.83. The molecule has 0 fully saturated rings. The minimum absolute atomic E-state index is 0.0952. The van der Waals surface area contributed by atoms with Gasteiger partial charge in [-0.15, -0.1) is 0 Å². The molecule has 0 aliphatic heterocycles. The summed E-state index contributed by atoms with van der Waals surface area (Å²) in [6.45, 7) is 3.09. The summed E-state index contributed by atoms with van der Waals surface area (Å²) in [5.74, 6) is 0.226. The average molecular weight is 250 g/mol. The zero-order chi connectivity index (χ0) is 13.5. The van der Waals surface area contributed by atoms with Gasteiger partial charge in [0.05, 0.1) is 5.69 Å². The van der Waals surface area contributed by atoms with Gasteiger partial charge in [0.2, 0.25) is 0 Å². The molecule has 0 aliphatic rings. The number of aromatic nitrogens is 2. The van der Waals surface area contributed by atoms with Crippen molar-refractivity contribution in [3.63, 3.8) is 0 Å². The first kappa shape index (κ1) is 13.8. The van der Waals surface area contributed by atoms with Gasteiger partial charge >= 0.3 is 6.03 Å². The Bertz CT molecular complexity index is 447. The molecule has 0 saturated heterocycles. The highest BCUT2D eigenvalue weighted by Gasteiger charge is 2.11. The molecule has 2 amide bonds. The molecule has 7 heteroatoms. The van der Waals surface area contributed by atoms with Gasteiger partial charge in [-0.05, 0) is 19.8 Å². The number of hydrogen-bond donors (Lipinski definition) is 3. The van der Waals surface area contributed by atoms with Crippen LogP contribution in [0.5, 0.6) is 0 Å². The fourth-order valence-electron chi connectivity index (χ4n) is 1.58. The Labute approximate surface area is 106 Å². The van der Waals surface area contributed by atoms with Crippen LogP contribution in [-0.4, -0.2) is 41.3 Å². The average Bonchev–Trinajstić information content (AvgIpc) is 2.70. The molecule has 0 spiro atoms. The third kappa shape index (κ3) is 3.38. The van der Waals surface area contributed by atoms with Crippen LogP contribution in [0.4, 0.5) is 10.6 Å². The van der Waals surface area contributed by atoms with Crippen LogP contribution in [0.1, 0.15) is 24.6 Å². The van der Waals surface area contributed by atoms with Gasteiger partial charge < -0.3 is 16.0 Å². The number of H-pyrrole nitrogens is 1. The molecule has 1 aromatic heterocycles. The van der Waals surface area contributed by atoms with Crippen LogP contribution in [0.15, 0.2) is 0 Å². The highest BCUT2D eigenvalue weighted by atomic mass is 16.2. The SMILES string of the molecule is CCNC(=O)N(C)CCCc1[nH]nc(N)c1C#N. The molecule has 0 bridgehead atoms. The zero-order valence-electron chi connectivity index (χ0n) is 10.7. The summed E-state index contributed by atoms with van der Waals surface area (Å²) < 4.78 is 0. The predicted octanol–water partition coefficient (Wildman–Crippen LogP) is 0.457. The van der Waals surface area contributed by atoms with E-state index in [4.69, 9.17) is 11.0 Å². The van der Waals surface area contributed by atoms with E-state index in [-0.39, 0.29) is 11.8 Å². The molecule has 4 N–H and O–H groups in total. The number of urea groups is 1. The molecule has 7 nitrogen and oxygen atoms in total. The van der Waals surface area contributed by atoms with Crippen molar-refractivity contribution in [2.75, 3.05) is 25.9 Å². The molecule has 0 aromatic carbocycles. The fraction of sp³-hybridized carbons (Fsp3) is 0.545. The van der Waals surface area contributed by atoms with Crippen LogP contribution in [0.3, 0.4) is 0 Å². The lowest BCUT2D eigenvalue weighted by Gasteiger charge is -2.16. The highest BCUT2D eigenvalue weighted by Crippen LogP contribution is 2.13. The van der Waals surface area contributed by atoms with Gasteiger partial charge in [0.15, 0.2) is 5.82 Å². The van der Waals surface area contributed by atoms with E-state index in [1.165, 1.54) is 0 Å². The van der Waals surface area contributed by atoms with Gasteiger partial charge in [-0.2, -0.15) is 10.4 Å². The van der Waals surface area contributed by atoms with E-state index in [1.807, 2.05) is 13.0 Å². The maximum atomic E-state index is 11.4. The topological polar surface area (TPSA) is 111 Å². The molecule has 1 rings (SSSR count). The Morgan fingerprint density at radius 3 is 3.00 bits per heavy atom. The van der Waals surface area contributed by atoms with Crippen LogP contribution in [0, 0.1) is 11.3 Å². The maximum Gasteiger partial charge on any atom is 0.317 e. The lowest BCUT2D eigenvalue weighted by molar-refractivity contribution is 0.209. The summed E-state index contributed by atoms with van der Waals surface area (Å²) in [6.07, 6.45) is 1.38. The van der Waals surface area contributed by atoms with Crippen LogP contribution in [-0.2, 0) is 6.42 Å². The second-order valence-electron chi connectivity index (χ2n) is 3.93. The Hall–Kier alpha value is -2.23. The van der Waals surface area contributed by atoms with Crippen LogP contribution < -0.4 is 11.1 Å². The number of carbonyl (C=O) groups excluding carboxylic acids is 1. The number of amides is 2. The first-order valence-electron chi connectivity index (χ1n) is 5.81. The molecule has 0 unspecified atom stereocenters. The number of carbonyl (C=O) groups is 1. The lowest BCUT2D eigenvalue weighted by atomic mass is 10.1. The minimum atomic E-state index is -0.0952. The van der Waals surface area contributed by atoms with Gasteiger partial charge in [0, 0.05) is 20.1 Å². The number of aryl methyl sites for hydroxylation is 1. The lowest BCUT2D eigenvalue weighted by Crippen LogP contribution is -2.37. The van der Waals surface area contributed by atoms with Gasteiger partial charge in [0.25, 0.3) is 0 Å². The van der Waals surface area contributed by atoms with Crippen molar-refractivity contribution in [3.05, 3.63) is 11.3 Å². The van der Waals surface area contributed by atoms with Crippen molar-refractivity contribution in [2.45, 2.75) is 19.8 Å². The third-order valence-electron chi connectivity index (χ3n) is 2.58. The smallest absolute Gasteiger partial charge is 0.317 e. The van der Waals surface area contributed by atoms with E-state index in [1.54, 1.807) is 11.9 Å². The number of nitrogen functional groups attached to an aromatic ring is 1. The largest absolute Gasteiger partial charge is 0.381 e. The molecular weight excluding hydrogens is 232 g/mol. The van der Waals surface area contributed by atoms with Crippen molar-refractivity contribution < 1.29 is 4.79 Å². The molecule has 1 aromatic rings. The molecular formula is C11H18N6O. The van der Waals surface area contributed by atoms with Gasteiger partial charge in [-0.3, -0.25) is 5.10 Å². The van der Waals surface area contributed by atoms with Crippen LogP contribution in [0.25, 0.3) is 0 Å². The standard InChI is InChI=1S/C11H18N6O/c1-3-14-11(18)17(2)6-4-5-9-8(7-12)10(13)16-15-9/h3-6H2,1-2H3,(H,14,18)(H3,13,15,16). The summed E-state index contributed by atoms with van der Waals surface area (Å²) in [5.41, 5.74) is 6.65. The van der Waals surface area contributed by atoms with Gasteiger partial charge in [0.1, 0.15) is 11.6 Å². The van der Waals surface area contributed by atoms with Crippen molar-refractivity contribution in [1.29, 1.82) is 5.26 Å². The number of nitriles is 1. The van der Waals surface area contributed by atoms with Gasteiger partial charge in [-0.1, -0.05) is 0 Å². The fourth-order valence-corrected chi connectivity index (χ4v) is 1.58. The summed E-state index contributed by atoms with van der Waals surface area (Å²) in [6, 6.07) is 1.92. The molecule has 0 saturated carbocycles. The Balaban J connectivity index is 2.42. The molecule has 98 valence electrons.